The first kappa shape index (κ1) is 50.8. The number of hydrogen-bond acceptors (Lipinski definition) is 13. The van der Waals surface area contributed by atoms with E-state index in [-0.39, 0.29) is 12.5 Å². The minimum atomic E-state index is -0.160. The van der Waals surface area contributed by atoms with E-state index in [1.807, 2.05) is 115 Å². The van der Waals surface area contributed by atoms with Crippen molar-refractivity contribution in [3.05, 3.63) is 233 Å². The molecule has 19 heteroatoms. The molecule has 0 unspecified atom stereocenters. The lowest BCUT2D eigenvalue weighted by molar-refractivity contribution is 0.0950. The zero-order chi connectivity index (χ0) is 50.9. The van der Waals surface area contributed by atoms with Crippen molar-refractivity contribution in [3.8, 4) is 34.0 Å². The molecule has 0 bridgehead atoms. The van der Waals surface area contributed by atoms with Crippen LogP contribution in [0.3, 0.4) is 0 Å². The van der Waals surface area contributed by atoms with Gasteiger partial charge in [-0.1, -0.05) is 120 Å². The molecule has 1 amide bonds. The van der Waals surface area contributed by atoms with E-state index in [0.29, 0.717) is 45.5 Å². The van der Waals surface area contributed by atoms with Gasteiger partial charge in [0.1, 0.15) is 22.7 Å². The van der Waals surface area contributed by atoms with Crippen LogP contribution in [0, 0.1) is 13.8 Å². The van der Waals surface area contributed by atoms with Gasteiger partial charge < -0.3 is 16.4 Å². The Morgan fingerprint density at radius 1 is 0.534 bits per heavy atom. The van der Waals surface area contributed by atoms with Crippen molar-refractivity contribution in [1.29, 1.82) is 0 Å². The van der Waals surface area contributed by atoms with Gasteiger partial charge in [-0.05, 0) is 49.2 Å². The molecule has 4 N–H and O–H groups in total. The monoisotopic (exact) mass is 1030 g/mol. The zero-order valence-corrected chi connectivity index (χ0v) is 41.7. The van der Waals surface area contributed by atoms with E-state index >= 15 is 0 Å². The number of anilines is 1. The summed E-state index contributed by atoms with van der Waals surface area (Å²) in [5.41, 5.74) is 16.2. The minimum absolute atomic E-state index is 0.160. The molecule has 0 saturated carbocycles. The maximum atomic E-state index is 11.7. The Kier molecular flexibility index (Phi) is 17.4. The van der Waals surface area contributed by atoms with Crippen LogP contribution in [0.5, 0.6) is 0 Å². The molecule has 0 saturated heterocycles. The number of benzene rings is 3. The molecule has 3 aromatic carbocycles. The highest BCUT2D eigenvalue weighted by Gasteiger charge is 2.12. The van der Waals surface area contributed by atoms with Gasteiger partial charge in [-0.15, -0.1) is 0 Å². The first-order chi connectivity index (χ1) is 35.7. The molecule has 73 heavy (non-hydrogen) atoms. The standard InChI is InChI=1S/C25H22N6.C12H10ClN3O.C12H8ClN3.C5H6ClN3/c1-17-12-19(14-28-23(17)21-8-9-26-18(2)13-21)15-29-24-22-16-30-25(31(22)11-10-27-24)20-6-4-3-5-7-20;13-11-10(14-6-7-15-11)8-16-12(17)9-4-2-1-3-5-9;13-11-10-8-15-12(16(10)7-6-14-11)9-4-2-1-3-5-9;6-5-4(3-7)8-1-2-9-5/h3-14,16H,15H2,1-2H3,(H,27,29);1-7H,8H2,(H,16,17);1-8H;1-2H,3,7H2. The third-order valence-corrected chi connectivity index (χ3v) is 11.7. The third kappa shape index (κ3) is 13.3. The summed E-state index contributed by atoms with van der Waals surface area (Å²) in [7, 11) is 0. The summed E-state index contributed by atoms with van der Waals surface area (Å²) in [5.74, 6) is 2.41. The molecule has 0 atom stereocenters. The van der Waals surface area contributed by atoms with E-state index in [2.05, 4.69) is 91.1 Å². The fourth-order valence-corrected chi connectivity index (χ4v) is 7.83. The van der Waals surface area contributed by atoms with E-state index in [1.54, 1.807) is 36.9 Å². The number of aromatic nitrogens is 12. The van der Waals surface area contributed by atoms with Gasteiger partial charge in [0.05, 0.1) is 36.0 Å². The largest absolute Gasteiger partial charge is 0.364 e. The maximum Gasteiger partial charge on any atom is 0.251 e. The third-order valence-electron chi connectivity index (χ3n) is 10.8. The maximum absolute atomic E-state index is 11.7. The summed E-state index contributed by atoms with van der Waals surface area (Å²) < 4.78 is 3.99. The Morgan fingerprint density at radius 3 is 1.68 bits per heavy atom. The number of amides is 1. The number of fused-ring (bicyclic) bond motifs is 2. The molecule has 0 radical (unpaired) electrons. The first-order valence-electron chi connectivity index (χ1n) is 22.6. The molecule has 364 valence electrons. The SMILES string of the molecule is Cc1cc(-c2ncc(CNc3nccn4c(-c5ccccc5)ncc34)cc2C)ccn1.Clc1nccn2c(-c3ccccc3)ncc12.NCc1nccnc1Cl.O=C(NCc1nccnc1Cl)c1ccccc1. The van der Waals surface area contributed by atoms with Crippen molar-refractivity contribution in [2.45, 2.75) is 33.5 Å². The molecule has 0 aliphatic heterocycles. The average molecular weight is 1030 g/mol. The number of imidazole rings is 2. The molecule has 0 aliphatic rings. The topological polar surface area (TPSA) is 205 Å². The number of carbonyl (C=O) groups is 1. The number of nitrogens with zero attached hydrogens (tertiary/aromatic N) is 12. The Labute approximate surface area is 435 Å². The van der Waals surface area contributed by atoms with Gasteiger partial charge >= 0.3 is 0 Å². The zero-order valence-electron chi connectivity index (χ0n) is 39.4. The highest BCUT2D eigenvalue weighted by molar-refractivity contribution is 6.32. The Bertz CT molecular complexity index is 3560. The smallest absolute Gasteiger partial charge is 0.251 e. The van der Waals surface area contributed by atoms with Gasteiger partial charge in [0, 0.05) is 103 Å². The number of nitrogens with two attached hydrogens (primary N) is 1. The van der Waals surface area contributed by atoms with Crippen molar-refractivity contribution in [3.63, 3.8) is 0 Å². The summed E-state index contributed by atoms with van der Waals surface area (Å²) in [4.78, 5) is 53.8. The van der Waals surface area contributed by atoms with Crippen LogP contribution in [-0.4, -0.2) is 64.5 Å². The quantitative estimate of drug-likeness (QED) is 0.117. The molecule has 16 nitrogen and oxygen atoms in total. The van der Waals surface area contributed by atoms with Crippen molar-refractivity contribution in [2.75, 3.05) is 5.32 Å². The number of halogens is 3. The number of hydrogen-bond donors (Lipinski definition) is 3. The van der Waals surface area contributed by atoms with Crippen LogP contribution in [0.4, 0.5) is 5.82 Å². The first-order valence-corrected chi connectivity index (χ1v) is 23.8. The fourth-order valence-electron chi connectivity index (χ4n) is 7.28. The summed E-state index contributed by atoms with van der Waals surface area (Å²) in [6.45, 7) is 5.31. The van der Waals surface area contributed by atoms with Crippen LogP contribution in [0.15, 0.2) is 184 Å². The Balaban J connectivity index is 0.000000143. The van der Waals surface area contributed by atoms with E-state index < -0.39 is 0 Å². The molecule has 11 aromatic rings. The fraction of sp³-hybridized carbons (Fsp3) is 0.0926. The average Bonchev–Trinajstić information content (AvgIpc) is 4.08. The molecule has 11 rings (SSSR count). The van der Waals surface area contributed by atoms with Crippen LogP contribution >= 0.6 is 34.8 Å². The highest BCUT2D eigenvalue weighted by Crippen LogP contribution is 2.26. The van der Waals surface area contributed by atoms with Gasteiger partial charge in [0.15, 0.2) is 21.3 Å². The summed E-state index contributed by atoms with van der Waals surface area (Å²) >= 11 is 17.4. The molecule has 8 heterocycles. The molecule has 8 aromatic heterocycles. The van der Waals surface area contributed by atoms with Crippen LogP contribution in [0.1, 0.15) is 38.6 Å². The van der Waals surface area contributed by atoms with Gasteiger partial charge in [-0.3, -0.25) is 33.5 Å². The van der Waals surface area contributed by atoms with Crippen molar-refractivity contribution in [1.82, 2.24) is 64.0 Å². The van der Waals surface area contributed by atoms with E-state index in [0.717, 1.165) is 67.7 Å². The molecular formula is C54H46Cl3N15O. The number of nitrogens with one attached hydrogen (secondary N) is 2. The second kappa shape index (κ2) is 25.0. The predicted molar refractivity (Wildman–Crippen MR) is 286 cm³/mol. The molecule has 0 spiro atoms. The van der Waals surface area contributed by atoms with Gasteiger partial charge in [-0.2, -0.15) is 0 Å². The lowest BCUT2D eigenvalue weighted by Gasteiger charge is -2.11. The van der Waals surface area contributed by atoms with Crippen molar-refractivity contribution in [2.24, 2.45) is 5.73 Å². The lowest BCUT2D eigenvalue weighted by Crippen LogP contribution is -2.23. The summed E-state index contributed by atoms with van der Waals surface area (Å²) in [6, 6.07) is 35.3. The van der Waals surface area contributed by atoms with Crippen molar-refractivity contribution >= 4 is 57.6 Å². The number of aryl methyl sites for hydroxylation is 2. The number of pyridine rings is 2. The molecule has 0 fully saturated rings. The number of carbonyl (C=O) groups excluding carboxylic acids is 1. The lowest BCUT2D eigenvalue weighted by atomic mass is 10.1. The Hall–Kier alpha value is -8.54. The van der Waals surface area contributed by atoms with E-state index in [1.165, 1.54) is 18.6 Å². The molecule has 0 aliphatic carbocycles. The second-order valence-electron chi connectivity index (χ2n) is 15.8. The highest BCUT2D eigenvalue weighted by atomic mass is 35.5. The van der Waals surface area contributed by atoms with E-state index in [9.17, 15) is 4.79 Å². The van der Waals surface area contributed by atoms with Gasteiger partial charge in [0.25, 0.3) is 5.91 Å². The summed E-state index contributed by atoms with van der Waals surface area (Å²) in [6.07, 6.45) is 20.7. The van der Waals surface area contributed by atoms with Crippen molar-refractivity contribution < 1.29 is 4.79 Å². The van der Waals surface area contributed by atoms with Crippen LogP contribution in [0.25, 0.3) is 45.1 Å². The number of rotatable bonds is 10. The van der Waals surface area contributed by atoms with Crippen LogP contribution in [0.2, 0.25) is 15.5 Å². The summed E-state index contributed by atoms with van der Waals surface area (Å²) in [5, 5.41) is 7.34. The van der Waals surface area contributed by atoms with Gasteiger partial charge in [0.2, 0.25) is 0 Å². The Morgan fingerprint density at radius 2 is 1.10 bits per heavy atom. The second-order valence-corrected chi connectivity index (χ2v) is 16.9. The predicted octanol–water partition coefficient (Wildman–Crippen LogP) is 10.8. The molecular weight excluding hydrogens is 981 g/mol. The normalized spacial score (nSPS) is 10.5. The van der Waals surface area contributed by atoms with Crippen LogP contribution < -0.4 is 16.4 Å². The van der Waals surface area contributed by atoms with Crippen LogP contribution in [-0.2, 0) is 19.6 Å². The minimum Gasteiger partial charge on any atom is -0.364 e. The van der Waals surface area contributed by atoms with E-state index in [4.69, 9.17) is 45.5 Å². The van der Waals surface area contributed by atoms with Gasteiger partial charge in [-0.25, -0.2) is 29.9 Å².